The van der Waals surface area contributed by atoms with E-state index in [4.69, 9.17) is 9.47 Å². The minimum Gasteiger partial charge on any atom is -0.497 e. The maximum atomic E-state index is 12.4. The number of rotatable bonds is 6. The Labute approximate surface area is 164 Å². The fraction of sp³-hybridized carbons (Fsp3) is 0.273. The van der Waals surface area contributed by atoms with E-state index in [0.717, 1.165) is 16.9 Å². The molecule has 1 aliphatic rings. The summed E-state index contributed by atoms with van der Waals surface area (Å²) in [6.07, 6.45) is -0.337. The number of fused-ring (bicyclic) bond motifs is 1. The van der Waals surface area contributed by atoms with Crippen molar-refractivity contribution in [1.29, 1.82) is 0 Å². The van der Waals surface area contributed by atoms with Crippen LogP contribution in [0.3, 0.4) is 0 Å². The summed E-state index contributed by atoms with van der Waals surface area (Å²) in [5.74, 6) is 1.07. The second-order valence-electron chi connectivity index (χ2n) is 6.90. The van der Waals surface area contributed by atoms with E-state index in [-0.39, 0.29) is 18.2 Å². The van der Waals surface area contributed by atoms with Crippen LogP contribution in [0.2, 0.25) is 0 Å². The first-order valence-corrected chi connectivity index (χ1v) is 9.06. The molecule has 1 aliphatic heterocycles. The van der Waals surface area contributed by atoms with Crippen LogP contribution in [0.5, 0.6) is 11.5 Å². The van der Waals surface area contributed by atoms with Crippen molar-refractivity contribution in [3.05, 3.63) is 60.2 Å². The van der Waals surface area contributed by atoms with Gasteiger partial charge in [0.15, 0.2) is 6.10 Å². The zero-order valence-corrected chi connectivity index (χ0v) is 16.3. The number of hydrogen-bond acceptors (Lipinski definition) is 4. The van der Waals surface area contributed by atoms with E-state index in [1.807, 2.05) is 31.2 Å². The van der Waals surface area contributed by atoms with Crippen molar-refractivity contribution in [2.75, 3.05) is 23.9 Å². The standard InChI is InChI=1S/C22H24N2O4/c1-14(2)13-24-19-10-7-17(12-20(19)28-15(3)22(24)26)23-21(25)11-16-5-8-18(27-4)9-6-16/h5-10,12,15H,1,11,13H2,2-4H3,(H,23,25). The Kier molecular flexibility index (Phi) is 5.68. The van der Waals surface area contributed by atoms with Crippen LogP contribution >= 0.6 is 0 Å². The Morgan fingerprint density at radius 2 is 1.96 bits per heavy atom. The minimum atomic E-state index is -0.586. The second-order valence-corrected chi connectivity index (χ2v) is 6.90. The van der Waals surface area contributed by atoms with Crippen molar-refractivity contribution in [3.8, 4) is 11.5 Å². The molecule has 0 bridgehead atoms. The third-order valence-corrected chi connectivity index (χ3v) is 4.40. The topological polar surface area (TPSA) is 67.9 Å². The minimum absolute atomic E-state index is 0.105. The van der Waals surface area contributed by atoms with E-state index >= 15 is 0 Å². The van der Waals surface area contributed by atoms with Crippen molar-refractivity contribution < 1.29 is 19.1 Å². The number of benzene rings is 2. The largest absolute Gasteiger partial charge is 0.497 e. The molecule has 1 heterocycles. The Morgan fingerprint density at radius 1 is 1.25 bits per heavy atom. The molecule has 0 aromatic heterocycles. The number of methoxy groups -OCH3 is 1. The van der Waals surface area contributed by atoms with Gasteiger partial charge in [0.2, 0.25) is 5.91 Å². The van der Waals surface area contributed by atoms with Gasteiger partial charge in [0.05, 0.1) is 19.2 Å². The highest BCUT2D eigenvalue weighted by atomic mass is 16.5. The summed E-state index contributed by atoms with van der Waals surface area (Å²) in [5, 5.41) is 2.88. The summed E-state index contributed by atoms with van der Waals surface area (Å²) in [6.45, 7) is 7.91. The number of nitrogens with zero attached hydrogens (tertiary/aromatic N) is 1. The van der Waals surface area contributed by atoms with Gasteiger partial charge in [0, 0.05) is 18.3 Å². The highest BCUT2D eigenvalue weighted by Gasteiger charge is 2.31. The molecule has 0 saturated heterocycles. The Bertz CT molecular complexity index is 905. The van der Waals surface area contributed by atoms with Gasteiger partial charge in [-0.25, -0.2) is 0 Å². The molecule has 6 heteroatoms. The molecular formula is C22H24N2O4. The number of amides is 2. The van der Waals surface area contributed by atoms with Crippen LogP contribution in [-0.2, 0) is 16.0 Å². The fourth-order valence-corrected chi connectivity index (χ4v) is 3.06. The van der Waals surface area contributed by atoms with E-state index in [0.29, 0.717) is 23.7 Å². The first-order valence-electron chi connectivity index (χ1n) is 9.06. The molecule has 28 heavy (non-hydrogen) atoms. The molecule has 0 aliphatic carbocycles. The molecular weight excluding hydrogens is 356 g/mol. The normalized spacial score (nSPS) is 15.5. The molecule has 0 saturated carbocycles. The first kappa shape index (κ1) is 19.5. The average molecular weight is 380 g/mol. The Hall–Kier alpha value is -3.28. The molecule has 1 N–H and O–H groups in total. The monoisotopic (exact) mass is 380 g/mol. The highest BCUT2D eigenvalue weighted by molar-refractivity contribution is 6.01. The average Bonchev–Trinajstić information content (AvgIpc) is 2.65. The number of hydrogen-bond donors (Lipinski definition) is 1. The predicted molar refractivity (Wildman–Crippen MR) is 109 cm³/mol. The van der Waals surface area contributed by atoms with Gasteiger partial charge >= 0.3 is 0 Å². The van der Waals surface area contributed by atoms with Crippen LogP contribution in [0.15, 0.2) is 54.6 Å². The number of anilines is 2. The predicted octanol–water partition coefficient (Wildman–Crippen LogP) is 3.57. The molecule has 0 spiro atoms. The van der Waals surface area contributed by atoms with Gasteiger partial charge < -0.3 is 19.7 Å². The third-order valence-electron chi connectivity index (χ3n) is 4.40. The lowest BCUT2D eigenvalue weighted by molar-refractivity contribution is -0.125. The number of carbonyl (C=O) groups excluding carboxylic acids is 2. The van der Waals surface area contributed by atoms with Crippen molar-refractivity contribution in [3.63, 3.8) is 0 Å². The van der Waals surface area contributed by atoms with Crippen LogP contribution in [0.4, 0.5) is 11.4 Å². The zero-order chi connectivity index (χ0) is 20.3. The maximum absolute atomic E-state index is 12.4. The lowest BCUT2D eigenvalue weighted by atomic mass is 10.1. The fourth-order valence-electron chi connectivity index (χ4n) is 3.06. The van der Waals surface area contributed by atoms with Gasteiger partial charge in [-0.05, 0) is 43.7 Å². The van der Waals surface area contributed by atoms with E-state index in [9.17, 15) is 9.59 Å². The molecule has 146 valence electrons. The molecule has 3 rings (SSSR count). The SMILES string of the molecule is C=C(C)CN1C(=O)C(C)Oc2cc(NC(=O)Cc3ccc(OC)cc3)ccc21. The van der Waals surface area contributed by atoms with Gasteiger partial charge in [0.1, 0.15) is 11.5 Å². The van der Waals surface area contributed by atoms with E-state index in [1.165, 1.54) is 0 Å². The zero-order valence-electron chi connectivity index (χ0n) is 16.3. The lowest BCUT2D eigenvalue weighted by Crippen LogP contribution is -2.45. The van der Waals surface area contributed by atoms with E-state index in [1.54, 1.807) is 37.1 Å². The number of ether oxygens (including phenoxy) is 2. The van der Waals surface area contributed by atoms with Crippen LogP contribution in [-0.4, -0.2) is 31.6 Å². The van der Waals surface area contributed by atoms with Crippen LogP contribution in [0, 0.1) is 0 Å². The van der Waals surface area contributed by atoms with Crippen LogP contribution in [0.1, 0.15) is 19.4 Å². The van der Waals surface area contributed by atoms with Crippen LogP contribution in [0.25, 0.3) is 0 Å². The molecule has 0 radical (unpaired) electrons. The summed E-state index contributed by atoms with van der Waals surface area (Å²) in [6, 6.07) is 12.7. The van der Waals surface area contributed by atoms with Gasteiger partial charge in [-0.1, -0.05) is 24.3 Å². The second kappa shape index (κ2) is 8.17. The Balaban J connectivity index is 1.73. The van der Waals surface area contributed by atoms with Gasteiger partial charge in [-0.2, -0.15) is 0 Å². The smallest absolute Gasteiger partial charge is 0.268 e. The summed E-state index contributed by atoms with van der Waals surface area (Å²) < 4.78 is 10.9. The van der Waals surface area contributed by atoms with E-state index in [2.05, 4.69) is 11.9 Å². The van der Waals surface area contributed by atoms with Gasteiger partial charge in [-0.15, -0.1) is 0 Å². The molecule has 2 aromatic carbocycles. The van der Waals surface area contributed by atoms with Crippen molar-refractivity contribution in [2.45, 2.75) is 26.4 Å². The lowest BCUT2D eigenvalue weighted by Gasteiger charge is -2.33. The quantitative estimate of drug-likeness (QED) is 0.778. The first-order chi connectivity index (χ1) is 13.4. The third kappa shape index (κ3) is 4.34. The van der Waals surface area contributed by atoms with E-state index < -0.39 is 6.10 Å². The van der Waals surface area contributed by atoms with Gasteiger partial charge in [-0.3, -0.25) is 9.59 Å². The molecule has 1 atom stereocenters. The molecule has 1 unspecified atom stereocenters. The van der Waals surface area contributed by atoms with Crippen LogP contribution < -0.4 is 19.7 Å². The number of carbonyl (C=O) groups is 2. The molecule has 0 fully saturated rings. The van der Waals surface area contributed by atoms with Gasteiger partial charge in [0.25, 0.3) is 5.91 Å². The summed E-state index contributed by atoms with van der Waals surface area (Å²) in [7, 11) is 1.60. The molecule has 2 aromatic rings. The van der Waals surface area contributed by atoms with Crippen molar-refractivity contribution >= 4 is 23.2 Å². The summed E-state index contributed by atoms with van der Waals surface area (Å²) >= 11 is 0. The highest BCUT2D eigenvalue weighted by Crippen LogP contribution is 2.36. The Morgan fingerprint density at radius 3 is 2.61 bits per heavy atom. The van der Waals surface area contributed by atoms with Crippen molar-refractivity contribution in [2.24, 2.45) is 0 Å². The molecule has 6 nitrogen and oxygen atoms in total. The number of nitrogens with one attached hydrogen (secondary N) is 1. The summed E-state index contributed by atoms with van der Waals surface area (Å²) in [5.41, 5.74) is 3.07. The van der Waals surface area contributed by atoms with Crippen molar-refractivity contribution in [1.82, 2.24) is 0 Å². The maximum Gasteiger partial charge on any atom is 0.268 e. The molecule has 2 amide bonds. The summed E-state index contributed by atoms with van der Waals surface area (Å²) in [4.78, 5) is 26.4.